The molecule has 3 aromatic rings. The van der Waals surface area contributed by atoms with E-state index in [0.717, 1.165) is 81.2 Å². The Balaban J connectivity index is 1.55. The summed E-state index contributed by atoms with van der Waals surface area (Å²) in [5.41, 5.74) is 2.51. The molecule has 10 heteroatoms. The maximum absolute atomic E-state index is 13.4. The van der Waals surface area contributed by atoms with E-state index in [1.165, 1.54) is 6.07 Å². The predicted molar refractivity (Wildman–Crippen MR) is 115 cm³/mol. The van der Waals surface area contributed by atoms with Gasteiger partial charge in [-0.1, -0.05) is 6.92 Å². The van der Waals surface area contributed by atoms with Gasteiger partial charge in [-0.05, 0) is 69.3 Å². The van der Waals surface area contributed by atoms with Gasteiger partial charge in [-0.15, -0.1) is 10.2 Å². The highest BCUT2D eigenvalue weighted by Crippen LogP contribution is 2.39. The molecule has 1 aliphatic carbocycles. The van der Waals surface area contributed by atoms with Crippen LogP contribution in [0.3, 0.4) is 0 Å². The third kappa shape index (κ3) is 3.80. The molecule has 1 aromatic carbocycles. The minimum Gasteiger partial charge on any atom is -0.364 e. The van der Waals surface area contributed by atoms with Crippen LogP contribution < -0.4 is 5.32 Å². The van der Waals surface area contributed by atoms with Crippen molar-refractivity contribution in [3.05, 3.63) is 28.8 Å². The number of hydrogen-bond donors (Lipinski definition) is 2. The molecule has 1 atom stereocenters. The van der Waals surface area contributed by atoms with Crippen molar-refractivity contribution in [2.75, 3.05) is 25.0 Å². The second-order valence-corrected chi connectivity index (χ2v) is 8.62. The van der Waals surface area contributed by atoms with E-state index in [-0.39, 0.29) is 11.0 Å². The SMILES string of the molecule is CCN1CCC[C@@H](Nc2nnc(-c3ccc(C(F)(F)F)c4n[nH]nc34)c3c2CCCC3)C1. The molecule has 0 bridgehead atoms. The maximum atomic E-state index is 13.4. The molecule has 32 heavy (non-hydrogen) atoms. The Morgan fingerprint density at radius 2 is 1.84 bits per heavy atom. The maximum Gasteiger partial charge on any atom is 0.418 e. The van der Waals surface area contributed by atoms with Gasteiger partial charge < -0.3 is 10.2 Å². The van der Waals surface area contributed by atoms with E-state index in [1.54, 1.807) is 0 Å². The van der Waals surface area contributed by atoms with E-state index in [9.17, 15) is 13.2 Å². The molecule has 7 nitrogen and oxygen atoms in total. The molecule has 0 saturated carbocycles. The second-order valence-electron chi connectivity index (χ2n) is 8.62. The van der Waals surface area contributed by atoms with Gasteiger partial charge in [0, 0.05) is 23.7 Å². The molecule has 0 radical (unpaired) electrons. The zero-order chi connectivity index (χ0) is 22.3. The minimum absolute atomic E-state index is 0.175. The molecule has 0 amide bonds. The molecule has 1 fully saturated rings. The fourth-order valence-corrected chi connectivity index (χ4v) is 4.99. The second kappa shape index (κ2) is 8.31. The summed E-state index contributed by atoms with van der Waals surface area (Å²) >= 11 is 0. The molecule has 1 saturated heterocycles. The van der Waals surface area contributed by atoms with Crippen molar-refractivity contribution in [3.63, 3.8) is 0 Å². The van der Waals surface area contributed by atoms with E-state index in [1.807, 2.05) is 0 Å². The normalized spacial score (nSPS) is 19.8. The summed E-state index contributed by atoms with van der Waals surface area (Å²) in [6.07, 6.45) is 1.51. The van der Waals surface area contributed by atoms with E-state index < -0.39 is 11.7 Å². The van der Waals surface area contributed by atoms with Crippen LogP contribution in [0.1, 0.15) is 49.3 Å². The summed E-state index contributed by atoms with van der Waals surface area (Å²) in [4.78, 5) is 2.43. The summed E-state index contributed by atoms with van der Waals surface area (Å²) in [6.45, 7) is 5.31. The Hall–Kier alpha value is -2.75. The van der Waals surface area contributed by atoms with E-state index >= 15 is 0 Å². The first-order valence-electron chi connectivity index (χ1n) is 11.2. The van der Waals surface area contributed by atoms with Crippen LogP contribution in [0.4, 0.5) is 19.0 Å². The standard InChI is InChI=1S/C22H26F3N7/c1-2-32-11-5-6-13(12-32)26-21-15-8-4-3-7-14(15)18(27-30-21)16-9-10-17(22(23,24)25)20-19(16)28-31-29-20/h9-10,13H,2-8,11-12H2,1H3,(H,26,30)(H,28,29,31)/t13-/m1/s1. The number of alkyl halides is 3. The fraction of sp³-hybridized carbons (Fsp3) is 0.545. The zero-order valence-corrected chi connectivity index (χ0v) is 18.0. The lowest BCUT2D eigenvalue weighted by atomic mass is 9.88. The molecule has 5 rings (SSSR count). The van der Waals surface area contributed by atoms with Crippen molar-refractivity contribution in [1.82, 2.24) is 30.5 Å². The van der Waals surface area contributed by atoms with Gasteiger partial charge in [0.25, 0.3) is 0 Å². The van der Waals surface area contributed by atoms with Crippen LogP contribution in [-0.4, -0.2) is 56.2 Å². The average Bonchev–Trinajstić information content (AvgIpc) is 3.28. The van der Waals surface area contributed by atoms with Crippen molar-refractivity contribution in [1.29, 1.82) is 0 Å². The first-order valence-corrected chi connectivity index (χ1v) is 11.2. The molecule has 2 aromatic heterocycles. The first-order chi connectivity index (χ1) is 15.5. The van der Waals surface area contributed by atoms with Crippen molar-refractivity contribution < 1.29 is 13.2 Å². The van der Waals surface area contributed by atoms with Crippen molar-refractivity contribution in [2.24, 2.45) is 0 Å². The average molecular weight is 445 g/mol. The Morgan fingerprint density at radius 3 is 2.62 bits per heavy atom. The number of aromatic amines is 1. The molecule has 0 spiro atoms. The number of nitrogens with one attached hydrogen (secondary N) is 2. The number of halogens is 3. The summed E-state index contributed by atoms with van der Waals surface area (Å²) in [6, 6.07) is 2.83. The lowest BCUT2D eigenvalue weighted by molar-refractivity contribution is -0.136. The van der Waals surface area contributed by atoms with Crippen LogP contribution in [0, 0.1) is 0 Å². The third-order valence-electron chi connectivity index (χ3n) is 6.62. The fourth-order valence-electron chi connectivity index (χ4n) is 4.99. The summed E-state index contributed by atoms with van der Waals surface area (Å²) < 4.78 is 40.2. The number of anilines is 1. The van der Waals surface area contributed by atoms with Crippen molar-refractivity contribution in [2.45, 2.75) is 57.7 Å². The number of hydrogen-bond acceptors (Lipinski definition) is 6. The van der Waals surface area contributed by atoms with Crippen molar-refractivity contribution >= 4 is 16.9 Å². The third-order valence-corrected chi connectivity index (χ3v) is 6.62. The number of likely N-dealkylation sites (tertiary alicyclic amines) is 1. The van der Waals surface area contributed by atoms with Gasteiger partial charge in [0.05, 0.1) is 11.3 Å². The largest absolute Gasteiger partial charge is 0.418 e. The van der Waals surface area contributed by atoms with E-state index in [2.05, 4.69) is 42.7 Å². The van der Waals surface area contributed by atoms with Crippen LogP contribution in [0.15, 0.2) is 12.1 Å². The highest BCUT2D eigenvalue weighted by Gasteiger charge is 2.35. The number of nitrogens with zero attached hydrogens (tertiary/aromatic N) is 5. The topological polar surface area (TPSA) is 82.6 Å². The first kappa shape index (κ1) is 21.1. The summed E-state index contributed by atoms with van der Waals surface area (Å²) in [5.74, 6) is 0.815. The van der Waals surface area contributed by atoms with Crippen molar-refractivity contribution in [3.8, 4) is 11.3 Å². The van der Waals surface area contributed by atoms with Crippen LogP contribution >= 0.6 is 0 Å². The smallest absolute Gasteiger partial charge is 0.364 e. The molecule has 3 heterocycles. The lowest BCUT2D eigenvalue weighted by Crippen LogP contribution is -2.42. The Kier molecular flexibility index (Phi) is 5.48. The van der Waals surface area contributed by atoms with Gasteiger partial charge in [0.2, 0.25) is 0 Å². The molecule has 170 valence electrons. The minimum atomic E-state index is -4.50. The zero-order valence-electron chi connectivity index (χ0n) is 18.0. The van der Waals surface area contributed by atoms with Crippen LogP contribution in [0.2, 0.25) is 0 Å². The van der Waals surface area contributed by atoms with Crippen LogP contribution in [-0.2, 0) is 19.0 Å². The lowest BCUT2D eigenvalue weighted by Gasteiger charge is -2.33. The number of H-pyrrole nitrogens is 1. The molecule has 1 aliphatic heterocycles. The van der Waals surface area contributed by atoms with Crippen LogP contribution in [0.25, 0.3) is 22.3 Å². The number of likely N-dealkylation sites (N-methyl/N-ethyl adjacent to an activating group) is 1. The van der Waals surface area contributed by atoms with E-state index in [4.69, 9.17) is 0 Å². The molecular formula is C22H26F3N7. The van der Waals surface area contributed by atoms with Gasteiger partial charge in [0.1, 0.15) is 11.0 Å². The summed E-state index contributed by atoms with van der Waals surface area (Å²) in [7, 11) is 0. The number of piperidine rings is 1. The predicted octanol–water partition coefficient (Wildman–Crippen LogP) is 4.21. The molecule has 2 aliphatic rings. The van der Waals surface area contributed by atoms with Crippen LogP contribution in [0.5, 0.6) is 0 Å². The Labute approximate surface area is 183 Å². The molecular weight excluding hydrogens is 419 g/mol. The highest BCUT2D eigenvalue weighted by atomic mass is 19.4. The van der Waals surface area contributed by atoms with Gasteiger partial charge in [-0.2, -0.15) is 28.6 Å². The van der Waals surface area contributed by atoms with Gasteiger partial charge in [-0.25, -0.2) is 0 Å². The quantitative estimate of drug-likeness (QED) is 0.626. The summed E-state index contributed by atoms with van der Waals surface area (Å²) in [5, 5.41) is 22.8. The highest BCUT2D eigenvalue weighted by molar-refractivity contribution is 5.93. The van der Waals surface area contributed by atoms with Gasteiger partial charge >= 0.3 is 6.18 Å². The number of fused-ring (bicyclic) bond motifs is 2. The number of rotatable bonds is 4. The van der Waals surface area contributed by atoms with Gasteiger partial charge in [-0.3, -0.25) is 0 Å². The Bertz CT molecular complexity index is 1120. The molecule has 2 N–H and O–H groups in total. The van der Waals surface area contributed by atoms with E-state index in [0.29, 0.717) is 17.3 Å². The molecule has 0 unspecified atom stereocenters. The number of benzene rings is 1. The monoisotopic (exact) mass is 445 g/mol. The number of aromatic nitrogens is 5. The Morgan fingerprint density at radius 1 is 1.06 bits per heavy atom. The van der Waals surface area contributed by atoms with Gasteiger partial charge in [0.15, 0.2) is 5.82 Å².